The minimum Gasteiger partial charge on any atom is -0.482 e. The Morgan fingerprint density at radius 1 is 1.08 bits per heavy atom. The fourth-order valence-electron chi connectivity index (χ4n) is 7.08. The second kappa shape index (κ2) is 16.1. The van der Waals surface area contributed by atoms with E-state index in [9.17, 15) is 14.9 Å². The topological polar surface area (TPSA) is 170 Å². The number of fused-ring (bicyclic) bond motifs is 5. The molecule has 0 saturated heterocycles. The number of nitrogens with one attached hydrogen (secondary N) is 1. The van der Waals surface area contributed by atoms with E-state index in [1.54, 1.807) is 12.1 Å². The van der Waals surface area contributed by atoms with E-state index >= 15 is 0 Å². The van der Waals surface area contributed by atoms with Gasteiger partial charge in [0.2, 0.25) is 0 Å². The quantitative estimate of drug-likeness (QED) is 0.199. The minimum absolute atomic E-state index is 0.0361. The van der Waals surface area contributed by atoms with E-state index in [1.807, 2.05) is 13.0 Å². The number of aromatic nitrogens is 2. The Labute approximate surface area is 294 Å². The van der Waals surface area contributed by atoms with Gasteiger partial charge in [-0.3, -0.25) is 9.98 Å². The number of anilines is 1. The lowest BCUT2D eigenvalue weighted by atomic mass is 9.83. The summed E-state index contributed by atoms with van der Waals surface area (Å²) in [7, 11) is 0. The molecule has 0 spiro atoms. The summed E-state index contributed by atoms with van der Waals surface area (Å²) in [6.07, 6.45) is 8.68. The van der Waals surface area contributed by atoms with E-state index < -0.39 is 12.1 Å². The van der Waals surface area contributed by atoms with Crippen LogP contribution in [0.15, 0.2) is 68.2 Å². The van der Waals surface area contributed by atoms with Crippen molar-refractivity contribution in [1.29, 1.82) is 16.1 Å². The minimum atomic E-state index is -0.490. The van der Waals surface area contributed by atoms with Crippen molar-refractivity contribution in [2.45, 2.75) is 110 Å². The van der Waals surface area contributed by atoms with Gasteiger partial charge < -0.3 is 10.5 Å². The van der Waals surface area contributed by atoms with Crippen LogP contribution in [0.1, 0.15) is 102 Å². The maximum atomic E-state index is 14.3. The van der Waals surface area contributed by atoms with Crippen LogP contribution in [-0.4, -0.2) is 39.7 Å². The summed E-state index contributed by atoms with van der Waals surface area (Å²) in [4.78, 5) is 10.2. The van der Waals surface area contributed by atoms with Crippen LogP contribution >= 0.6 is 0 Å². The Bertz CT molecular complexity index is 1860. The maximum absolute atomic E-state index is 14.3. The lowest BCUT2D eigenvalue weighted by Crippen LogP contribution is -2.28. The molecule has 2 aromatic rings. The molecule has 50 heavy (non-hydrogen) atoms. The van der Waals surface area contributed by atoms with Crippen molar-refractivity contribution in [2.75, 3.05) is 5.73 Å². The number of dihydropyridines is 2. The van der Waals surface area contributed by atoms with Gasteiger partial charge in [0.15, 0.2) is 11.6 Å². The summed E-state index contributed by atoms with van der Waals surface area (Å²) in [6, 6.07) is 10.7. The lowest BCUT2D eigenvalue weighted by molar-refractivity contribution is 0.225. The standard InChI is InChI=1S/C39H46FN9O/c1-6-9-30-37(26(20-41)16-33(45-30)22(2)3)32(47-44)13-7-10-23(4)34-17-27(21-42)38-31(46-34)12-8-11-25-14-15-28(40)18-29(25)24(5)50-36-19-35(38)48-49-39(36)43/h7,10,14-15,18-19,22-24,32-34,44H,6,8-9,11-13,16-17H2,1-5H3,(H2,43,49)/b10-7+,47-44?. The molecule has 5 rings (SSSR count). The van der Waals surface area contributed by atoms with Gasteiger partial charge in [-0.05, 0) is 74.1 Å². The van der Waals surface area contributed by atoms with Crippen molar-refractivity contribution in [2.24, 2.45) is 26.9 Å². The fraction of sp³-hybridized carbons (Fsp3) is 0.487. The van der Waals surface area contributed by atoms with Gasteiger partial charge in [-0.25, -0.2) is 9.92 Å². The number of nitrogens with two attached hydrogens (primary N) is 1. The molecule has 1 aromatic heterocycles. The normalized spacial score (nSPS) is 22.1. The lowest BCUT2D eigenvalue weighted by Gasteiger charge is -2.28. The van der Waals surface area contributed by atoms with Crippen molar-refractivity contribution >= 4 is 22.8 Å². The number of benzene rings is 1. The Morgan fingerprint density at radius 3 is 2.54 bits per heavy atom. The molecule has 0 fully saturated rings. The summed E-state index contributed by atoms with van der Waals surface area (Å²) in [5.74, 6) is 0.366. The average molecular weight is 676 g/mol. The summed E-state index contributed by atoms with van der Waals surface area (Å²) >= 11 is 0. The van der Waals surface area contributed by atoms with Gasteiger partial charge in [-0.1, -0.05) is 52.3 Å². The van der Waals surface area contributed by atoms with E-state index in [0.717, 1.165) is 47.4 Å². The number of allylic oxidation sites excluding steroid dienone is 1. The molecule has 5 atom stereocenters. The molecule has 260 valence electrons. The molecule has 0 radical (unpaired) electrons. The number of hydrogen-bond donors (Lipinski definition) is 2. The molecule has 4 heterocycles. The number of aryl methyl sites for hydroxylation is 1. The third kappa shape index (κ3) is 7.89. The zero-order valence-corrected chi connectivity index (χ0v) is 29.6. The van der Waals surface area contributed by atoms with Gasteiger partial charge in [0, 0.05) is 52.6 Å². The molecule has 0 amide bonds. The molecule has 3 N–H and O–H groups in total. The molecule has 3 aliphatic rings. The number of aliphatic imine (C=N–C) groups is 2. The summed E-state index contributed by atoms with van der Waals surface area (Å²) < 4.78 is 20.5. The number of ether oxygens (including phenoxy) is 1. The van der Waals surface area contributed by atoms with Crippen LogP contribution in [0.25, 0.3) is 5.57 Å². The van der Waals surface area contributed by atoms with E-state index in [2.05, 4.69) is 61.2 Å². The van der Waals surface area contributed by atoms with E-state index in [1.165, 1.54) is 12.1 Å². The maximum Gasteiger partial charge on any atom is 0.188 e. The van der Waals surface area contributed by atoms with Gasteiger partial charge in [-0.2, -0.15) is 15.6 Å². The third-order valence-electron chi connectivity index (χ3n) is 9.87. The number of rotatable bonds is 9. The van der Waals surface area contributed by atoms with Crippen molar-refractivity contribution in [3.63, 3.8) is 0 Å². The number of hydrogen-bond acceptors (Lipinski definition) is 10. The molecule has 5 unspecified atom stereocenters. The summed E-state index contributed by atoms with van der Waals surface area (Å²) in [5, 5.41) is 33.0. The smallest absolute Gasteiger partial charge is 0.188 e. The monoisotopic (exact) mass is 675 g/mol. The van der Waals surface area contributed by atoms with Crippen LogP contribution < -0.4 is 10.5 Å². The van der Waals surface area contributed by atoms with Crippen molar-refractivity contribution in [3.8, 4) is 17.9 Å². The van der Waals surface area contributed by atoms with Crippen molar-refractivity contribution in [3.05, 3.63) is 75.8 Å². The average Bonchev–Trinajstić information content (AvgIpc) is 3.10. The zero-order chi connectivity index (χ0) is 35.9. The fourth-order valence-corrected chi connectivity index (χ4v) is 7.08. The molecule has 1 aromatic carbocycles. The number of nitriles is 2. The van der Waals surface area contributed by atoms with Crippen LogP contribution in [0.5, 0.6) is 5.75 Å². The van der Waals surface area contributed by atoms with Crippen molar-refractivity contribution < 1.29 is 9.13 Å². The second-order valence-electron chi connectivity index (χ2n) is 13.8. The Kier molecular flexibility index (Phi) is 11.7. The molecular weight excluding hydrogens is 629 g/mol. The first-order valence-electron chi connectivity index (χ1n) is 17.6. The molecule has 0 saturated carbocycles. The SMILES string of the molecule is CCCC1=NC(C(C)C)CC(C#N)=C1C(C/C=C/C(C)C1CC(C#N)=C2C(=N1)CCCc1ccc(F)cc1C(C)Oc1cc2nnc1N)N=N. The molecular formula is C39H46FN9O. The molecule has 10 nitrogen and oxygen atoms in total. The van der Waals surface area contributed by atoms with Crippen LogP contribution in [0.4, 0.5) is 10.2 Å². The van der Waals surface area contributed by atoms with Crippen LogP contribution in [0, 0.1) is 45.8 Å². The van der Waals surface area contributed by atoms with E-state index in [-0.39, 0.29) is 29.6 Å². The highest BCUT2D eigenvalue weighted by molar-refractivity contribution is 6.25. The molecule has 3 aliphatic heterocycles. The number of nitrogen functional groups attached to an aromatic ring is 1. The van der Waals surface area contributed by atoms with Gasteiger partial charge in [0.05, 0.1) is 29.9 Å². The van der Waals surface area contributed by atoms with E-state index in [0.29, 0.717) is 66.2 Å². The third-order valence-corrected chi connectivity index (χ3v) is 9.87. The first-order chi connectivity index (χ1) is 24.1. The Balaban J connectivity index is 1.42. The van der Waals surface area contributed by atoms with Crippen LogP contribution in [-0.2, 0) is 6.42 Å². The predicted octanol–water partition coefficient (Wildman–Crippen LogP) is 8.64. The van der Waals surface area contributed by atoms with Crippen LogP contribution in [0.2, 0.25) is 0 Å². The van der Waals surface area contributed by atoms with Gasteiger partial charge in [0.25, 0.3) is 0 Å². The Hall–Kier alpha value is -5.03. The zero-order valence-electron chi connectivity index (χ0n) is 29.6. The molecule has 2 bridgehead atoms. The Morgan fingerprint density at radius 2 is 1.84 bits per heavy atom. The number of nitrogens with zero attached hydrogens (tertiary/aromatic N) is 7. The first-order valence-corrected chi connectivity index (χ1v) is 17.6. The first kappa shape index (κ1) is 36.3. The highest BCUT2D eigenvalue weighted by atomic mass is 19.1. The van der Waals surface area contributed by atoms with Gasteiger partial charge >= 0.3 is 0 Å². The highest BCUT2D eigenvalue weighted by Gasteiger charge is 2.31. The highest BCUT2D eigenvalue weighted by Crippen LogP contribution is 2.37. The molecule has 11 heteroatoms. The molecule has 0 aliphatic carbocycles. The van der Waals surface area contributed by atoms with Crippen molar-refractivity contribution in [1.82, 2.24) is 10.2 Å². The number of halogens is 1. The van der Waals surface area contributed by atoms with Gasteiger partial charge in [-0.15, -0.1) is 10.2 Å². The van der Waals surface area contributed by atoms with E-state index in [4.69, 9.17) is 26.0 Å². The van der Waals surface area contributed by atoms with Gasteiger partial charge in [0.1, 0.15) is 18.0 Å². The van der Waals surface area contributed by atoms with Crippen LogP contribution in [0.3, 0.4) is 0 Å². The summed E-state index contributed by atoms with van der Waals surface area (Å²) in [6.45, 7) is 10.3. The summed E-state index contributed by atoms with van der Waals surface area (Å²) in [5.41, 5.74) is 20.8. The predicted molar refractivity (Wildman–Crippen MR) is 193 cm³/mol. The largest absolute Gasteiger partial charge is 0.482 e. The second-order valence-corrected chi connectivity index (χ2v) is 13.8.